The fourth-order valence-corrected chi connectivity index (χ4v) is 2.20. The average molecular weight is 329 g/mol. The molecule has 0 bridgehead atoms. The molecule has 2 rings (SSSR count). The van der Waals surface area contributed by atoms with Crippen molar-refractivity contribution in [2.24, 2.45) is 5.92 Å². The number of benzene rings is 2. The number of carbonyl (C=O) groups excluding carboxylic acids is 2. The largest absolute Gasteiger partial charge is 0.422 e. The molecule has 0 saturated carbocycles. The van der Waals surface area contributed by atoms with Crippen molar-refractivity contribution in [1.29, 1.82) is 0 Å². The predicted molar refractivity (Wildman–Crippen MR) is 88.9 cm³/mol. The van der Waals surface area contributed by atoms with Crippen LogP contribution in [0.5, 0.6) is 5.75 Å². The van der Waals surface area contributed by atoms with Crippen molar-refractivity contribution in [3.05, 3.63) is 66.0 Å². The highest BCUT2D eigenvalue weighted by Crippen LogP contribution is 2.17. The molecule has 1 unspecified atom stereocenters. The lowest BCUT2D eigenvalue weighted by Gasteiger charge is -2.21. The van der Waals surface area contributed by atoms with E-state index in [1.54, 1.807) is 19.9 Å². The second-order valence-electron chi connectivity index (χ2n) is 5.80. The van der Waals surface area contributed by atoms with E-state index in [0.29, 0.717) is 0 Å². The summed E-state index contributed by atoms with van der Waals surface area (Å²) in [5.41, 5.74) is 0.847. The van der Waals surface area contributed by atoms with Gasteiger partial charge < -0.3 is 10.1 Å². The first-order valence-electron chi connectivity index (χ1n) is 7.77. The van der Waals surface area contributed by atoms with Crippen LogP contribution in [0.2, 0.25) is 0 Å². The van der Waals surface area contributed by atoms with E-state index in [0.717, 1.165) is 5.56 Å². The SMILES string of the molecule is CC(C)C(NC(=O)Cc1ccccc1)C(=O)Oc1ccccc1F. The number of amides is 1. The van der Waals surface area contributed by atoms with Crippen LogP contribution in [-0.2, 0) is 16.0 Å². The molecule has 126 valence electrons. The van der Waals surface area contributed by atoms with Gasteiger partial charge in [-0.2, -0.15) is 0 Å². The van der Waals surface area contributed by atoms with Crippen molar-refractivity contribution >= 4 is 11.9 Å². The summed E-state index contributed by atoms with van der Waals surface area (Å²) in [5, 5.41) is 2.67. The van der Waals surface area contributed by atoms with Gasteiger partial charge in [0, 0.05) is 0 Å². The van der Waals surface area contributed by atoms with E-state index in [4.69, 9.17) is 4.74 Å². The lowest BCUT2D eigenvalue weighted by Crippen LogP contribution is -2.47. The second kappa shape index (κ2) is 8.24. The molecule has 2 aromatic carbocycles. The van der Waals surface area contributed by atoms with Crippen LogP contribution >= 0.6 is 0 Å². The summed E-state index contributed by atoms with van der Waals surface area (Å²) in [4.78, 5) is 24.4. The highest BCUT2D eigenvalue weighted by molar-refractivity contribution is 5.86. The third-order valence-electron chi connectivity index (χ3n) is 3.49. The maximum atomic E-state index is 13.6. The minimum absolute atomic E-state index is 0.148. The van der Waals surface area contributed by atoms with Gasteiger partial charge in [0.15, 0.2) is 11.6 Å². The molecule has 4 nitrogen and oxygen atoms in total. The fourth-order valence-electron chi connectivity index (χ4n) is 2.20. The topological polar surface area (TPSA) is 55.4 Å². The molecule has 0 saturated heterocycles. The summed E-state index contributed by atoms with van der Waals surface area (Å²) in [5.74, 6) is -1.93. The van der Waals surface area contributed by atoms with E-state index < -0.39 is 17.8 Å². The smallest absolute Gasteiger partial charge is 0.334 e. The maximum Gasteiger partial charge on any atom is 0.334 e. The summed E-state index contributed by atoms with van der Waals surface area (Å²) in [6.07, 6.45) is 0.164. The van der Waals surface area contributed by atoms with Crippen LogP contribution in [-0.4, -0.2) is 17.9 Å². The lowest BCUT2D eigenvalue weighted by atomic mass is 10.0. The Hall–Kier alpha value is -2.69. The van der Waals surface area contributed by atoms with Crippen LogP contribution in [0.1, 0.15) is 19.4 Å². The van der Waals surface area contributed by atoms with Gasteiger partial charge in [-0.1, -0.05) is 56.3 Å². The molecule has 0 aliphatic heterocycles. The van der Waals surface area contributed by atoms with Crippen LogP contribution in [0.15, 0.2) is 54.6 Å². The van der Waals surface area contributed by atoms with Crippen molar-refractivity contribution in [3.63, 3.8) is 0 Å². The first-order valence-corrected chi connectivity index (χ1v) is 7.77. The van der Waals surface area contributed by atoms with Gasteiger partial charge >= 0.3 is 5.97 Å². The Balaban J connectivity index is 2.02. The van der Waals surface area contributed by atoms with Gasteiger partial charge in [-0.3, -0.25) is 4.79 Å². The van der Waals surface area contributed by atoms with E-state index in [9.17, 15) is 14.0 Å². The molecule has 0 aliphatic carbocycles. The van der Waals surface area contributed by atoms with Crippen LogP contribution in [0.3, 0.4) is 0 Å². The molecule has 1 amide bonds. The highest BCUT2D eigenvalue weighted by atomic mass is 19.1. The van der Waals surface area contributed by atoms with Gasteiger partial charge in [-0.05, 0) is 23.6 Å². The third-order valence-corrected chi connectivity index (χ3v) is 3.49. The monoisotopic (exact) mass is 329 g/mol. The molecule has 0 fully saturated rings. The number of hydrogen-bond acceptors (Lipinski definition) is 3. The van der Waals surface area contributed by atoms with Crippen LogP contribution < -0.4 is 10.1 Å². The van der Waals surface area contributed by atoms with Gasteiger partial charge in [-0.25, -0.2) is 9.18 Å². The zero-order chi connectivity index (χ0) is 17.5. The first-order chi connectivity index (χ1) is 11.5. The van der Waals surface area contributed by atoms with Gasteiger partial charge in [0.05, 0.1) is 6.42 Å². The van der Waals surface area contributed by atoms with Gasteiger partial charge in [-0.15, -0.1) is 0 Å². The Kier molecular flexibility index (Phi) is 6.07. The van der Waals surface area contributed by atoms with Crippen molar-refractivity contribution in [3.8, 4) is 5.75 Å². The number of nitrogens with one attached hydrogen (secondary N) is 1. The Morgan fingerprint density at radius 2 is 1.67 bits per heavy atom. The van der Waals surface area contributed by atoms with Crippen molar-refractivity contribution in [2.75, 3.05) is 0 Å². The number of esters is 1. The zero-order valence-electron chi connectivity index (χ0n) is 13.7. The number of rotatable bonds is 6. The lowest BCUT2D eigenvalue weighted by molar-refractivity contribution is -0.140. The second-order valence-corrected chi connectivity index (χ2v) is 5.80. The predicted octanol–water partition coefficient (Wildman–Crippen LogP) is 3.11. The number of para-hydroxylation sites is 1. The van der Waals surface area contributed by atoms with Crippen molar-refractivity contribution in [1.82, 2.24) is 5.32 Å². The number of carbonyl (C=O) groups is 2. The number of hydrogen-bond donors (Lipinski definition) is 1. The molecule has 0 spiro atoms. The third kappa shape index (κ3) is 4.91. The number of ether oxygens (including phenoxy) is 1. The van der Waals surface area contributed by atoms with E-state index in [2.05, 4.69) is 5.32 Å². The molecule has 2 aromatic rings. The van der Waals surface area contributed by atoms with Crippen molar-refractivity contribution < 1.29 is 18.7 Å². The normalized spacial score (nSPS) is 11.8. The standard InChI is InChI=1S/C19H20FNO3/c1-13(2)18(19(23)24-16-11-7-6-10-15(16)20)21-17(22)12-14-8-4-3-5-9-14/h3-11,13,18H,12H2,1-2H3,(H,21,22). The van der Waals surface area contributed by atoms with E-state index in [1.165, 1.54) is 18.2 Å². The van der Waals surface area contributed by atoms with E-state index >= 15 is 0 Å². The summed E-state index contributed by atoms with van der Waals surface area (Å²) < 4.78 is 18.7. The highest BCUT2D eigenvalue weighted by Gasteiger charge is 2.26. The summed E-state index contributed by atoms with van der Waals surface area (Å²) in [7, 11) is 0. The Bertz CT molecular complexity index is 701. The molecule has 1 atom stereocenters. The summed E-state index contributed by atoms with van der Waals surface area (Å²) >= 11 is 0. The zero-order valence-corrected chi connectivity index (χ0v) is 13.7. The Morgan fingerprint density at radius 3 is 2.29 bits per heavy atom. The Morgan fingerprint density at radius 1 is 1.04 bits per heavy atom. The maximum absolute atomic E-state index is 13.6. The fraction of sp³-hybridized carbons (Fsp3) is 0.263. The average Bonchev–Trinajstić information content (AvgIpc) is 2.55. The van der Waals surface area contributed by atoms with Gasteiger partial charge in [0.1, 0.15) is 6.04 Å². The quantitative estimate of drug-likeness (QED) is 0.654. The minimum atomic E-state index is -0.846. The van der Waals surface area contributed by atoms with Crippen molar-refractivity contribution in [2.45, 2.75) is 26.3 Å². The summed E-state index contributed by atoms with van der Waals surface area (Å²) in [6.45, 7) is 3.58. The van der Waals surface area contributed by atoms with E-state index in [-0.39, 0.29) is 24.0 Å². The first kappa shape index (κ1) is 17.7. The van der Waals surface area contributed by atoms with Crippen LogP contribution in [0.25, 0.3) is 0 Å². The molecule has 5 heteroatoms. The minimum Gasteiger partial charge on any atom is -0.422 e. The van der Waals surface area contributed by atoms with Gasteiger partial charge in [0.2, 0.25) is 5.91 Å². The Labute approximate surface area is 140 Å². The van der Waals surface area contributed by atoms with Crippen LogP contribution in [0, 0.1) is 11.7 Å². The molecule has 1 N–H and O–H groups in total. The molecule has 0 aliphatic rings. The van der Waals surface area contributed by atoms with E-state index in [1.807, 2.05) is 30.3 Å². The molecule has 24 heavy (non-hydrogen) atoms. The summed E-state index contributed by atoms with van der Waals surface area (Å²) in [6, 6.07) is 14.0. The molecular formula is C19H20FNO3. The van der Waals surface area contributed by atoms with Gasteiger partial charge in [0.25, 0.3) is 0 Å². The molecule has 0 radical (unpaired) electrons. The molecule has 0 heterocycles. The molecule has 0 aromatic heterocycles. The number of halogens is 1. The molecular weight excluding hydrogens is 309 g/mol. The van der Waals surface area contributed by atoms with Crippen LogP contribution in [0.4, 0.5) is 4.39 Å².